The number of aromatic nitrogens is 4. The fraction of sp³-hybridized carbons (Fsp3) is 0.448. The maximum atomic E-state index is 13.7. The molecule has 39 heteroatoms. The molecule has 6 aliphatic heterocycles. The fourth-order valence-electron chi connectivity index (χ4n) is 16.4. The predicted octanol–water partition coefficient (Wildman–Crippen LogP) is 13.7. The summed E-state index contributed by atoms with van der Waals surface area (Å²) in [6, 6.07) is 40.2. The Morgan fingerprint density at radius 1 is 0.556 bits per heavy atom. The Kier molecular flexibility index (Phi) is 31.3. The zero-order valence-corrected chi connectivity index (χ0v) is 79.7. The van der Waals surface area contributed by atoms with Gasteiger partial charge in [-0.15, -0.1) is 0 Å². The van der Waals surface area contributed by atoms with Crippen molar-refractivity contribution in [1.29, 1.82) is 0 Å². The number of para-hydroxylation sites is 3. The van der Waals surface area contributed by atoms with Crippen molar-refractivity contribution < 1.29 is 49.5 Å². The van der Waals surface area contributed by atoms with Gasteiger partial charge in [0.15, 0.2) is 27.8 Å². The van der Waals surface area contributed by atoms with E-state index in [4.69, 9.17) is 49.0 Å². The number of rotatable bonds is 27. The molecule has 31 nitrogen and oxygen atoms in total. The lowest BCUT2D eigenvalue weighted by atomic mass is 10.0. The molecule has 1 atom stereocenters. The number of methoxy groups -OCH3 is 3. The van der Waals surface area contributed by atoms with Crippen molar-refractivity contribution in [2.24, 2.45) is 10.9 Å². The molecule has 6 fully saturated rings. The summed E-state index contributed by atoms with van der Waals surface area (Å²) in [5.41, 5.74) is 6.13. The van der Waals surface area contributed by atoms with Gasteiger partial charge < -0.3 is 90.0 Å². The normalized spacial score (nSPS) is 18.4. The Morgan fingerprint density at radius 2 is 1.02 bits per heavy atom. The van der Waals surface area contributed by atoms with Gasteiger partial charge in [0.25, 0.3) is 0 Å². The Hall–Kier alpha value is -8.94. The zero-order valence-electron chi connectivity index (χ0n) is 73.2. The molecule has 0 spiro atoms. The van der Waals surface area contributed by atoms with Crippen LogP contribution in [0.25, 0.3) is 0 Å². The highest BCUT2D eigenvalue weighted by molar-refractivity contribution is 7.92. The molecular weight excluding hydrogens is 1760 g/mol. The smallest absolute Gasteiger partial charge is 0.317 e. The van der Waals surface area contributed by atoms with E-state index in [2.05, 4.69) is 116 Å². The van der Waals surface area contributed by atoms with Crippen LogP contribution in [0, 0.1) is 5.92 Å². The fourth-order valence-corrected chi connectivity index (χ4v) is 23.7. The number of carbonyl (C=O) groups excluding carboxylic acids is 1. The second kappa shape index (κ2) is 41.7. The van der Waals surface area contributed by atoms with E-state index in [0.29, 0.717) is 118 Å². The summed E-state index contributed by atoms with van der Waals surface area (Å²) in [7, 11) is -8.00. The minimum absolute atomic E-state index is 0.141. The number of urea groups is 1. The van der Waals surface area contributed by atoms with Crippen LogP contribution in [0.3, 0.4) is 0 Å². The van der Waals surface area contributed by atoms with Crippen LogP contribution in [-0.2, 0) is 33.6 Å². The first-order valence-electron chi connectivity index (χ1n) is 42.4. The van der Waals surface area contributed by atoms with Gasteiger partial charge in [-0.05, 0) is 164 Å². The van der Waals surface area contributed by atoms with E-state index in [-0.39, 0.29) is 27.7 Å². The number of piperidine rings is 2. The zero-order chi connectivity index (χ0) is 89.8. The molecule has 15 rings (SSSR count). The van der Waals surface area contributed by atoms with Gasteiger partial charge in [-0.1, -0.05) is 71.2 Å². The summed E-state index contributed by atoms with van der Waals surface area (Å²) in [5.74, 6) is 4.59. The van der Waals surface area contributed by atoms with Gasteiger partial charge in [0.2, 0.25) is 21.9 Å². The number of aliphatic imine (C=N–C) groups is 1. The number of amides is 2. The van der Waals surface area contributed by atoms with Crippen molar-refractivity contribution in [1.82, 2.24) is 54.5 Å². The minimum Gasteiger partial charge on any atom is -0.495 e. The minimum atomic E-state index is -3.56. The number of piperazine rings is 2. The average molecular weight is 1880 g/mol. The standard InChI is InChI=1S/C32H45ClN7O2P.C29H39ClN7O4PS.C26H32ClN6O5PS/c1-42-29-20-25(39-14-12-24(13-15-39)40-18-16-38(17-19-40)22-23-8-9-23)10-11-27(29)36-32-34-21-26(33)31(37-32)35-28-6-4-5-7-30(28)43(2,3)41;1-41-26-19-22(35-13-11-21(12-14-35)36-15-17-37(18-16-36)43(4,39)40)9-10-24(26)33-29-31-20-23(30)28(34-29)32-25-7-5-6-8-27(25)42(2,3)38;1-17(2)40(36,37)23-8-6-5-7-21(23)30-24-19(27)16-29-25(32-24)31-20-10-9-18(15-22(20)38-4)39(35)13-11-33(12-14-39)26(34)28-3/h4-7,10-11,20-21,23-24,32,35-37H,8-9,12-19,22H2,1-3H3;5-10,19-21H,11-18H2,1-4H3,(H2,31,32,33,34);5-10,15-17H,11-14H2,1-4H3,(H,28,34)(H2,29,30,31,32). The molecule has 126 heavy (non-hydrogen) atoms. The lowest BCUT2D eigenvalue weighted by Gasteiger charge is -2.43. The van der Waals surface area contributed by atoms with Crippen LogP contribution >= 0.6 is 56.2 Å². The lowest BCUT2D eigenvalue weighted by molar-refractivity contribution is 0.0825. The molecule has 0 bridgehead atoms. The summed E-state index contributed by atoms with van der Waals surface area (Å²) in [6.07, 6.45) is 13.4. The number of hydrogen-bond acceptors (Lipinski definition) is 28. The van der Waals surface area contributed by atoms with Gasteiger partial charge >= 0.3 is 6.03 Å². The molecule has 0 radical (unpaired) electrons. The van der Waals surface area contributed by atoms with E-state index >= 15 is 0 Å². The summed E-state index contributed by atoms with van der Waals surface area (Å²) < 4.78 is 107. The number of ether oxygens (including phenoxy) is 3. The molecule has 1 aliphatic carbocycles. The first-order chi connectivity index (χ1) is 60.2. The quantitative estimate of drug-likeness (QED) is 0.0222. The van der Waals surface area contributed by atoms with Crippen molar-refractivity contribution in [2.75, 3.05) is 213 Å². The van der Waals surface area contributed by atoms with Crippen LogP contribution in [0.2, 0.25) is 10.0 Å². The number of halogens is 3. The van der Waals surface area contributed by atoms with Crippen molar-refractivity contribution in [2.45, 2.75) is 80.9 Å². The molecule has 5 saturated heterocycles. The Labute approximate surface area is 755 Å². The van der Waals surface area contributed by atoms with Crippen LogP contribution in [-0.4, -0.2) is 268 Å². The molecular formula is C87H116Cl3N20O11P3S2. The van der Waals surface area contributed by atoms with E-state index in [1.165, 1.54) is 95.9 Å². The van der Waals surface area contributed by atoms with E-state index in [1.54, 1.807) is 114 Å². The number of benzene rings is 6. The van der Waals surface area contributed by atoms with Gasteiger partial charge in [0.1, 0.15) is 54.5 Å². The molecule has 678 valence electrons. The summed E-state index contributed by atoms with van der Waals surface area (Å²) in [6.45, 7) is 23.9. The van der Waals surface area contributed by atoms with Gasteiger partial charge in [-0.3, -0.25) is 9.80 Å². The molecule has 8 aromatic rings. The largest absolute Gasteiger partial charge is 0.495 e. The highest BCUT2D eigenvalue weighted by Gasteiger charge is 2.36. The second-order valence-corrected chi connectivity index (χ2v) is 48.6. The van der Waals surface area contributed by atoms with Gasteiger partial charge in [0, 0.05) is 175 Å². The summed E-state index contributed by atoms with van der Waals surface area (Å²) >= 11 is 19.3. The van der Waals surface area contributed by atoms with Crippen LogP contribution in [0.1, 0.15) is 52.4 Å². The number of hydrogen-bond donors (Lipinski definition) is 8. The molecule has 2 amide bonds. The number of sulfonamides is 1. The SMILES string of the molecule is CNC(=O)N1CCP(=O)(c2ccc(Nc3ncc(Cl)c(Nc4ccccc4S(=O)(=O)C(C)C)n3)c(OC)c2)CC1.COc1cc(N2CCC(N3CCN(CC4CC4)CC3)CC2)ccc1NC1N=CC(Cl)=C(Nc2ccccc2P(C)(C)=O)N1.COc1cc(N2CCC(N3CCN(S(C)(=O)=O)CC3)CC2)ccc1Nc1ncc(Cl)c(Nc2ccccc2P(C)(C)=O)n1. The van der Waals surface area contributed by atoms with Gasteiger partial charge in [0.05, 0.1) is 89.3 Å². The van der Waals surface area contributed by atoms with Crippen LogP contribution in [0.5, 0.6) is 17.2 Å². The second-order valence-electron chi connectivity index (χ2n) is 33.4. The van der Waals surface area contributed by atoms with E-state index in [0.717, 1.165) is 91.4 Å². The van der Waals surface area contributed by atoms with Crippen molar-refractivity contribution in [3.63, 3.8) is 0 Å². The van der Waals surface area contributed by atoms with E-state index in [9.17, 15) is 35.3 Å². The first-order valence-corrected chi connectivity index (χ1v) is 54.2. The number of sulfone groups is 1. The average Bonchev–Trinajstić information content (AvgIpc) is 1.50. The van der Waals surface area contributed by atoms with E-state index < -0.39 is 52.8 Å². The monoisotopic (exact) mass is 1880 g/mol. The van der Waals surface area contributed by atoms with Crippen LogP contribution in [0.4, 0.5) is 73.8 Å². The maximum absolute atomic E-state index is 13.7. The summed E-state index contributed by atoms with van der Waals surface area (Å²) in [4.78, 5) is 48.5. The molecule has 6 aromatic carbocycles. The van der Waals surface area contributed by atoms with Gasteiger partial charge in [-0.25, -0.2) is 36.6 Å². The highest BCUT2D eigenvalue weighted by Crippen LogP contribution is 2.49. The third-order valence-electron chi connectivity index (χ3n) is 23.7. The van der Waals surface area contributed by atoms with Crippen molar-refractivity contribution in [3.05, 3.63) is 161 Å². The molecule has 2 aromatic heterocycles. The lowest BCUT2D eigenvalue weighted by Crippen LogP contribution is -2.54. The van der Waals surface area contributed by atoms with Gasteiger partial charge in [-0.2, -0.15) is 14.3 Å². The highest BCUT2D eigenvalue weighted by atomic mass is 35.5. The molecule has 8 N–H and O–H groups in total. The molecule has 7 aliphatic rings. The van der Waals surface area contributed by atoms with Crippen molar-refractivity contribution >= 4 is 173 Å². The molecule has 1 saturated carbocycles. The molecule has 1 unspecified atom stereocenters. The molecule has 8 heterocycles. The van der Waals surface area contributed by atoms with Crippen LogP contribution < -0.4 is 82.5 Å². The van der Waals surface area contributed by atoms with Crippen molar-refractivity contribution in [3.8, 4) is 17.2 Å². The first kappa shape index (κ1) is 94.7. The number of allylic oxidation sites excluding steroid dienone is 1. The van der Waals surface area contributed by atoms with E-state index in [1.807, 2.05) is 60.7 Å². The topological polar surface area (TPSA) is 347 Å². The Balaban J connectivity index is 0.000000162. The third kappa shape index (κ3) is 24.1. The number of carbonyl (C=O) groups is 1. The Bertz CT molecular complexity index is 5630. The number of nitrogens with zero attached hydrogens (tertiary/aromatic N) is 12. The van der Waals surface area contributed by atoms with Crippen LogP contribution in [0.15, 0.2) is 161 Å². The Morgan fingerprint density at radius 3 is 1.51 bits per heavy atom. The summed E-state index contributed by atoms with van der Waals surface area (Å²) in [5, 5.41) is 27.8. The number of anilines is 12. The predicted molar refractivity (Wildman–Crippen MR) is 514 cm³/mol. The third-order valence-corrected chi connectivity index (χ3v) is 34.2. The maximum Gasteiger partial charge on any atom is 0.317 e. The number of nitrogens with one attached hydrogen (secondary N) is 8.